The van der Waals surface area contributed by atoms with E-state index in [4.69, 9.17) is 17.3 Å². The highest BCUT2D eigenvalue weighted by Crippen LogP contribution is 2.30. The quantitative estimate of drug-likeness (QED) is 0.804. The van der Waals surface area contributed by atoms with Gasteiger partial charge in [-0.15, -0.1) is 0 Å². The number of nitrogens with zero attached hydrogens (tertiary/aromatic N) is 4. The molecule has 0 radical (unpaired) electrons. The number of anilines is 1. The summed E-state index contributed by atoms with van der Waals surface area (Å²) in [5, 5.41) is 3.67. The van der Waals surface area contributed by atoms with Gasteiger partial charge in [0.15, 0.2) is 5.69 Å². The van der Waals surface area contributed by atoms with E-state index in [0.717, 1.165) is 6.07 Å². The second kappa shape index (κ2) is 5.41. The molecule has 0 saturated carbocycles. The van der Waals surface area contributed by atoms with Gasteiger partial charge in [-0.1, -0.05) is 11.6 Å². The number of hydrogen-bond acceptors (Lipinski definition) is 4. The van der Waals surface area contributed by atoms with E-state index in [9.17, 15) is 18.0 Å². The summed E-state index contributed by atoms with van der Waals surface area (Å²) in [5.41, 5.74) is 5.19. The fraction of sp³-hybridized carbons (Fsp3) is 0.308. The maximum atomic E-state index is 12.7. The summed E-state index contributed by atoms with van der Waals surface area (Å²) < 4.78 is 39.3. The van der Waals surface area contributed by atoms with Crippen molar-refractivity contribution in [3.8, 4) is 0 Å². The first-order valence-corrected chi connectivity index (χ1v) is 6.98. The highest BCUT2D eigenvalue weighted by molar-refractivity contribution is 6.29. The van der Waals surface area contributed by atoms with Crippen molar-refractivity contribution in [3.63, 3.8) is 0 Å². The number of pyridine rings is 1. The third-order valence-electron chi connectivity index (χ3n) is 3.50. The monoisotopic (exact) mass is 345 g/mol. The molecule has 0 fully saturated rings. The van der Waals surface area contributed by atoms with Crippen molar-refractivity contribution < 1.29 is 18.0 Å². The van der Waals surface area contributed by atoms with Crippen molar-refractivity contribution >= 4 is 23.3 Å². The molecule has 0 atom stereocenters. The van der Waals surface area contributed by atoms with Crippen LogP contribution in [-0.2, 0) is 19.3 Å². The lowest BCUT2D eigenvalue weighted by molar-refractivity contribution is -0.141. The molecule has 0 bridgehead atoms. The van der Waals surface area contributed by atoms with E-state index in [1.165, 1.54) is 21.7 Å². The molecular formula is C13H11ClF3N5O. The maximum absolute atomic E-state index is 12.7. The van der Waals surface area contributed by atoms with E-state index in [-0.39, 0.29) is 36.2 Å². The largest absolute Gasteiger partial charge is 0.435 e. The average Bonchev–Trinajstić information content (AvgIpc) is 2.89. The molecule has 0 spiro atoms. The number of halogens is 4. The van der Waals surface area contributed by atoms with Gasteiger partial charge in [0.25, 0.3) is 5.91 Å². The second-order valence-electron chi connectivity index (χ2n) is 5.04. The lowest BCUT2D eigenvalue weighted by Crippen LogP contribution is -2.38. The van der Waals surface area contributed by atoms with Crippen molar-refractivity contribution in [1.29, 1.82) is 0 Å². The third-order valence-corrected chi connectivity index (χ3v) is 3.71. The van der Waals surface area contributed by atoms with Crippen LogP contribution in [0, 0.1) is 0 Å². The molecule has 2 N–H and O–H groups in total. The maximum Gasteiger partial charge on any atom is 0.435 e. The molecule has 1 aliphatic heterocycles. The Morgan fingerprint density at radius 3 is 2.70 bits per heavy atom. The number of hydrogen-bond donors (Lipinski definition) is 1. The Bertz CT molecular complexity index is 773. The highest BCUT2D eigenvalue weighted by Gasteiger charge is 2.36. The molecule has 1 aliphatic rings. The van der Waals surface area contributed by atoms with Gasteiger partial charge in [-0.2, -0.15) is 18.3 Å². The van der Waals surface area contributed by atoms with E-state index >= 15 is 0 Å². The van der Waals surface area contributed by atoms with E-state index in [0.29, 0.717) is 5.69 Å². The van der Waals surface area contributed by atoms with Crippen molar-refractivity contribution in [2.75, 3.05) is 12.3 Å². The van der Waals surface area contributed by atoms with Crippen molar-refractivity contribution in [3.05, 3.63) is 40.3 Å². The molecule has 0 aromatic carbocycles. The Morgan fingerprint density at radius 2 is 2.04 bits per heavy atom. The van der Waals surface area contributed by atoms with Gasteiger partial charge < -0.3 is 10.6 Å². The first-order valence-electron chi connectivity index (χ1n) is 6.61. The molecule has 0 saturated heterocycles. The van der Waals surface area contributed by atoms with E-state index < -0.39 is 17.8 Å². The number of nitrogens with two attached hydrogens (primary N) is 1. The molecule has 3 heterocycles. The molecule has 23 heavy (non-hydrogen) atoms. The number of carbonyl (C=O) groups excluding carboxylic acids is 1. The van der Waals surface area contributed by atoms with E-state index in [1.54, 1.807) is 0 Å². The second-order valence-corrected chi connectivity index (χ2v) is 5.42. The van der Waals surface area contributed by atoms with Crippen LogP contribution in [0.15, 0.2) is 18.2 Å². The number of aromatic nitrogens is 3. The Kier molecular flexibility index (Phi) is 3.67. The van der Waals surface area contributed by atoms with Crippen molar-refractivity contribution in [2.24, 2.45) is 0 Å². The van der Waals surface area contributed by atoms with Crippen LogP contribution in [0.4, 0.5) is 19.0 Å². The number of amides is 1. The molecule has 122 valence electrons. The number of rotatable bonds is 1. The van der Waals surface area contributed by atoms with Gasteiger partial charge in [0, 0.05) is 6.54 Å². The summed E-state index contributed by atoms with van der Waals surface area (Å²) in [5.74, 6) is -0.426. The van der Waals surface area contributed by atoms with Crippen LogP contribution in [0.5, 0.6) is 0 Å². The minimum absolute atomic E-state index is 0.0161. The van der Waals surface area contributed by atoms with Gasteiger partial charge in [-0.05, 0) is 18.2 Å². The number of fused-ring (bicyclic) bond motifs is 1. The van der Waals surface area contributed by atoms with Crippen LogP contribution in [0.1, 0.15) is 21.7 Å². The average molecular weight is 346 g/mol. The third kappa shape index (κ3) is 2.96. The standard InChI is InChI=1S/C13H11ClF3N5O/c14-10-2-1-8(11(18)19-10)12(23)21-3-4-22-7(6-21)5-9(20-22)13(15,16)17/h1-2,5H,3-4,6H2,(H2,18,19). The molecule has 1 amide bonds. The normalized spacial score (nSPS) is 14.7. The van der Waals surface area contributed by atoms with E-state index in [1.807, 2.05) is 0 Å². The van der Waals surface area contributed by atoms with Crippen LogP contribution >= 0.6 is 11.6 Å². The summed E-state index contributed by atoms with van der Waals surface area (Å²) in [6.45, 7) is 0.426. The van der Waals surface area contributed by atoms with Gasteiger partial charge in [0.05, 0.1) is 24.3 Å². The van der Waals surface area contributed by atoms with Gasteiger partial charge in [-0.3, -0.25) is 9.48 Å². The molecule has 10 heteroatoms. The molecule has 0 aliphatic carbocycles. The molecule has 2 aromatic rings. The van der Waals surface area contributed by atoms with E-state index in [2.05, 4.69) is 10.1 Å². The highest BCUT2D eigenvalue weighted by atomic mass is 35.5. The Balaban J connectivity index is 1.84. The predicted molar refractivity (Wildman–Crippen MR) is 75.6 cm³/mol. The van der Waals surface area contributed by atoms with Crippen LogP contribution in [0.3, 0.4) is 0 Å². The summed E-state index contributed by atoms with van der Waals surface area (Å²) in [7, 11) is 0. The Morgan fingerprint density at radius 1 is 1.30 bits per heavy atom. The van der Waals surface area contributed by atoms with Crippen LogP contribution < -0.4 is 5.73 Å². The summed E-state index contributed by atoms with van der Waals surface area (Å²) in [6.07, 6.45) is -4.51. The molecule has 2 aromatic heterocycles. The zero-order valence-corrected chi connectivity index (χ0v) is 12.4. The summed E-state index contributed by atoms with van der Waals surface area (Å²) in [6, 6.07) is 3.82. The van der Waals surface area contributed by atoms with Crippen LogP contribution in [0.25, 0.3) is 0 Å². The zero-order valence-electron chi connectivity index (χ0n) is 11.6. The fourth-order valence-electron chi connectivity index (χ4n) is 2.38. The SMILES string of the molecule is Nc1nc(Cl)ccc1C(=O)N1CCn2nc(C(F)(F)F)cc2C1. The fourth-order valence-corrected chi connectivity index (χ4v) is 2.53. The lowest BCUT2D eigenvalue weighted by Gasteiger charge is -2.27. The smallest absolute Gasteiger partial charge is 0.383 e. The minimum Gasteiger partial charge on any atom is -0.383 e. The Hall–Kier alpha value is -2.29. The van der Waals surface area contributed by atoms with Gasteiger partial charge in [0.1, 0.15) is 11.0 Å². The lowest BCUT2D eigenvalue weighted by atomic mass is 10.2. The molecule has 6 nitrogen and oxygen atoms in total. The van der Waals surface area contributed by atoms with Gasteiger partial charge in [-0.25, -0.2) is 4.98 Å². The predicted octanol–water partition coefficient (Wildman–Crippen LogP) is 2.19. The van der Waals surface area contributed by atoms with Crippen LogP contribution in [-0.4, -0.2) is 32.1 Å². The minimum atomic E-state index is -4.51. The topological polar surface area (TPSA) is 77.0 Å². The van der Waals surface area contributed by atoms with Crippen molar-refractivity contribution in [2.45, 2.75) is 19.3 Å². The van der Waals surface area contributed by atoms with Gasteiger partial charge in [0.2, 0.25) is 0 Å². The first kappa shape index (κ1) is 15.6. The van der Waals surface area contributed by atoms with Crippen molar-refractivity contribution in [1.82, 2.24) is 19.7 Å². The molecule has 3 rings (SSSR count). The number of nitrogen functional groups attached to an aromatic ring is 1. The summed E-state index contributed by atoms with van der Waals surface area (Å²) in [4.78, 5) is 17.7. The number of alkyl halides is 3. The number of carbonyl (C=O) groups is 1. The van der Waals surface area contributed by atoms with Gasteiger partial charge >= 0.3 is 6.18 Å². The first-order chi connectivity index (χ1) is 10.8. The Labute approximate surface area is 133 Å². The molecular weight excluding hydrogens is 335 g/mol. The van der Waals surface area contributed by atoms with Crippen LogP contribution in [0.2, 0.25) is 5.15 Å². The summed E-state index contributed by atoms with van der Waals surface area (Å²) >= 11 is 5.69. The zero-order chi connectivity index (χ0) is 16.8. The molecule has 0 unspecified atom stereocenters.